The third kappa shape index (κ3) is 3.88. The third-order valence-corrected chi connectivity index (χ3v) is 2.92. The van der Waals surface area contributed by atoms with E-state index in [1.54, 1.807) is 6.07 Å². The highest BCUT2D eigenvalue weighted by atomic mass is 79.9. The Bertz CT molecular complexity index is 587. The molecule has 19 heavy (non-hydrogen) atoms. The fourth-order valence-corrected chi connectivity index (χ4v) is 2.06. The molecule has 100 valence electrons. The molecule has 0 unspecified atom stereocenters. The maximum Gasteiger partial charge on any atom is 0.224 e. The number of ether oxygens (including phenoxy) is 1. The van der Waals surface area contributed by atoms with E-state index in [1.165, 1.54) is 18.2 Å². The van der Waals surface area contributed by atoms with Gasteiger partial charge in [0.25, 0.3) is 0 Å². The maximum atomic E-state index is 13.2. The second-order valence-corrected chi connectivity index (χ2v) is 5.55. The zero-order valence-electron chi connectivity index (χ0n) is 10.3. The standard InChI is InChI=1S/C13H11BrClFN2O/c1-7(2)13-17-11(15)6-12(18-13)19-10-4-8(14)3-9(16)5-10/h3-7H,1-2H3. The lowest BCUT2D eigenvalue weighted by Crippen LogP contribution is -1.99. The molecule has 0 radical (unpaired) electrons. The van der Waals surface area contributed by atoms with Crippen molar-refractivity contribution in [3.8, 4) is 11.6 Å². The van der Waals surface area contributed by atoms with Crippen molar-refractivity contribution in [1.29, 1.82) is 0 Å². The normalized spacial score (nSPS) is 10.8. The molecule has 3 nitrogen and oxygen atoms in total. The van der Waals surface area contributed by atoms with Crippen LogP contribution in [0.15, 0.2) is 28.7 Å². The molecule has 1 aromatic heterocycles. The van der Waals surface area contributed by atoms with Crippen LogP contribution in [-0.4, -0.2) is 9.97 Å². The predicted octanol–water partition coefficient (Wildman–Crippen LogP) is 4.95. The summed E-state index contributed by atoms with van der Waals surface area (Å²) in [4.78, 5) is 8.33. The molecule has 0 saturated carbocycles. The fraction of sp³-hybridized carbons (Fsp3) is 0.231. The van der Waals surface area contributed by atoms with Crippen molar-refractivity contribution in [1.82, 2.24) is 9.97 Å². The van der Waals surface area contributed by atoms with Gasteiger partial charge in [0.2, 0.25) is 5.88 Å². The van der Waals surface area contributed by atoms with Gasteiger partial charge in [-0.3, -0.25) is 0 Å². The van der Waals surface area contributed by atoms with E-state index in [0.29, 0.717) is 27.1 Å². The molecule has 0 spiro atoms. The molecule has 1 aromatic carbocycles. The predicted molar refractivity (Wildman–Crippen MR) is 75.3 cm³/mol. The summed E-state index contributed by atoms with van der Waals surface area (Å²) in [7, 11) is 0. The number of nitrogens with zero attached hydrogens (tertiary/aromatic N) is 2. The third-order valence-electron chi connectivity index (χ3n) is 2.26. The van der Waals surface area contributed by atoms with Gasteiger partial charge in [0, 0.05) is 22.5 Å². The van der Waals surface area contributed by atoms with Gasteiger partial charge in [0.15, 0.2) is 0 Å². The van der Waals surface area contributed by atoms with Crippen molar-refractivity contribution in [2.45, 2.75) is 19.8 Å². The van der Waals surface area contributed by atoms with Crippen LogP contribution in [0.25, 0.3) is 0 Å². The Morgan fingerprint density at radius 3 is 2.58 bits per heavy atom. The Morgan fingerprint density at radius 1 is 1.21 bits per heavy atom. The minimum Gasteiger partial charge on any atom is -0.439 e. The lowest BCUT2D eigenvalue weighted by atomic mass is 10.2. The average molecular weight is 346 g/mol. The van der Waals surface area contributed by atoms with Crippen LogP contribution in [0.1, 0.15) is 25.6 Å². The van der Waals surface area contributed by atoms with Crippen LogP contribution >= 0.6 is 27.5 Å². The summed E-state index contributed by atoms with van der Waals surface area (Å²) in [5.41, 5.74) is 0. The Balaban J connectivity index is 2.32. The zero-order valence-corrected chi connectivity index (χ0v) is 12.7. The lowest BCUT2D eigenvalue weighted by molar-refractivity contribution is 0.452. The first kappa shape index (κ1) is 14.2. The molecule has 0 amide bonds. The number of halogens is 3. The maximum absolute atomic E-state index is 13.2. The first-order chi connectivity index (χ1) is 8.94. The van der Waals surface area contributed by atoms with Gasteiger partial charge in [-0.25, -0.2) is 9.37 Å². The first-order valence-electron chi connectivity index (χ1n) is 5.62. The summed E-state index contributed by atoms with van der Waals surface area (Å²) >= 11 is 9.11. The number of rotatable bonds is 3. The van der Waals surface area contributed by atoms with Gasteiger partial charge in [-0.05, 0) is 12.1 Å². The molecule has 1 heterocycles. The topological polar surface area (TPSA) is 35.0 Å². The van der Waals surface area contributed by atoms with Crippen molar-refractivity contribution in [2.24, 2.45) is 0 Å². The van der Waals surface area contributed by atoms with E-state index in [2.05, 4.69) is 25.9 Å². The highest BCUT2D eigenvalue weighted by Gasteiger charge is 2.09. The largest absolute Gasteiger partial charge is 0.439 e. The summed E-state index contributed by atoms with van der Waals surface area (Å²) in [6, 6.07) is 5.76. The second kappa shape index (κ2) is 5.84. The van der Waals surface area contributed by atoms with Gasteiger partial charge in [-0.2, -0.15) is 4.98 Å². The van der Waals surface area contributed by atoms with Gasteiger partial charge in [0.05, 0.1) is 0 Å². The van der Waals surface area contributed by atoms with Crippen molar-refractivity contribution < 1.29 is 9.13 Å². The number of aromatic nitrogens is 2. The van der Waals surface area contributed by atoms with E-state index in [4.69, 9.17) is 16.3 Å². The zero-order chi connectivity index (χ0) is 14.0. The van der Waals surface area contributed by atoms with Crippen LogP contribution in [0.2, 0.25) is 5.15 Å². The number of hydrogen-bond donors (Lipinski definition) is 0. The monoisotopic (exact) mass is 344 g/mol. The highest BCUT2D eigenvalue weighted by Crippen LogP contribution is 2.27. The Morgan fingerprint density at radius 2 is 1.95 bits per heavy atom. The molecule has 0 bridgehead atoms. The molecule has 6 heteroatoms. The van der Waals surface area contributed by atoms with Crippen molar-refractivity contribution in [3.05, 3.63) is 45.5 Å². The summed E-state index contributed by atoms with van der Waals surface area (Å²) in [6.45, 7) is 3.91. The van der Waals surface area contributed by atoms with Crippen molar-refractivity contribution in [2.75, 3.05) is 0 Å². The van der Waals surface area contributed by atoms with E-state index in [0.717, 1.165) is 0 Å². The van der Waals surface area contributed by atoms with E-state index in [9.17, 15) is 4.39 Å². The van der Waals surface area contributed by atoms with Gasteiger partial charge in [-0.15, -0.1) is 0 Å². The molecule has 0 fully saturated rings. The summed E-state index contributed by atoms with van der Waals surface area (Å²) in [5, 5.41) is 0.296. The smallest absolute Gasteiger partial charge is 0.224 e. The van der Waals surface area contributed by atoms with E-state index < -0.39 is 5.82 Å². The number of hydrogen-bond acceptors (Lipinski definition) is 3. The van der Waals surface area contributed by atoms with E-state index in [1.807, 2.05) is 13.8 Å². The Hall–Kier alpha value is -1.20. The minimum absolute atomic E-state index is 0.125. The molecule has 2 rings (SSSR count). The molecule has 0 atom stereocenters. The van der Waals surface area contributed by atoms with Crippen LogP contribution in [-0.2, 0) is 0 Å². The lowest BCUT2D eigenvalue weighted by Gasteiger charge is -2.09. The van der Waals surface area contributed by atoms with Gasteiger partial charge >= 0.3 is 0 Å². The second-order valence-electron chi connectivity index (χ2n) is 4.25. The highest BCUT2D eigenvalue weighted by molar-refractivity contribution is 9.10. The van der Waals surface area contributed by atoms with Gasteiger partial charge < -0.3 is 4.74 Å². The summed E-state index contributed by atoms with van der Waals surface area (Å²) in [5.74, 6) is 0.949. The molecular weight excluding hydrogens is 335 g/mol. The van der Waals surface area contributed by atoms with Crippen LogP contribution in [0.5, 0.6) is 11.6 Å². The van der Waals surface area contributed by atoms with Crippen LogP contribution < -0.4 is 4.74 Å². The van der Waals surface area contributed by atoms with Crippen LogP contribution in [0.3, 0.4) is 0 Å². The number of benzene rings is 1. The van der Waals surface area contributed by atoms with Crippen LogP contribution in [0.4, 0.5) is 4.39 Å². The molecule has 2 aromatic rings. The summed E-state index contributed by atoms with van der Waals surface area (Å²) in [6.07, 6.45) is 0. The van der Waals surface area contributed by atoms with E-state index >= 15 is 0 Å². The Labute approximate surface area is 123 Å². The minimum atomic E-state index is -0.395. The molecule has 0 aliphatic heterocycles. The van der Waals surface area contributed by atoms with Crippen molar-refractivity contribution in [3.63, 3.8) is 0 Å². The molecule has 0 saturated heterocycles. The van der Waals surface area contributed by atoms with Crippen molar-refractivity contribution >= 4 is 27.5 Å². The molecular formula is C13H11BrClFN2O. The Kier molecular flexibility index (Phi) is 4.37. The first-order valence-corrected chi connectivity index (χ1v) is 6.79. The van der Waals surface area contributed by atoms with Gasteiger partial charge in [-0.1, -0.05) is 41.4 Å². The molecule has 0 aliphatic carbocycles. The van der Waals surface area contributed by atoms with Gasteiger partial charge in [0.1, 0.15) is 22.5 Å². The molecule has 0 N–H and O–H groups in total. The fourth-order valence-electron chi connectivity index (χ4n) is 1.43. The average Bonchev–Trinajstić information content (AvgIpc) is 2.26. The molecule has 0 aliphatic rings. The quantitative estimate of drug-likeness (QED) is 0.738. The summed E-state index contributed by atoms with van der Waals surface area (Å²) < 4.78 is 19.3. The SMILES string of the molecule is CC(C)c1nc(Cl)cc(Oc2cc(F)cc(Br)c2)n1. The van der Waals surface area contributed by atoms with E-state index in [-0.39, 0.29) is 5.92 Å². The van der Waals surface area contributed by atoms with Crippen LogP contribution in [0, 0.1) is 5.82 Å².